The predicted molar refractivity (Wildman–Crippen MR) is 79.4 cm³/mol. The molecule has 0 aliphatic heterocycles. The number of carbonyl (C=O) groups excluding carboxylic acids is 1. The van der Waals surface area contributed by atoms with Gasteiger partial charge in [-0.05, 0) is 18.1 Å². The maximum absolute atomic E-state index is 11.8. The van der Waals surface area contributed by atoms with Gasteiger partial charge in [-0.3, -0.25) is 9.35 Å². The van der Waals surface area contributed by atoms with E-state index >= 15 is 0 Å². The summed E-state index contributed by atoms with van der Waals surface area (Å²) >= 11 is 0. The van der Waals surface area contributed by atoms with Gasteiger partial charge in [0.1, 0.15) is 0 Å². The van der Waals surface area contributed by atoms with Crippen molar-refractivity contribution in [1.29, 1.82) is 0 Å². The Morgan fingerprint density at radius 3 is 2.81 bits per heavy atom. The van der Waals surface area contributed by atoms with Gasteiger partial charge in [0, 0.05) is 23.6 Å². The highest BCUT2D eigenvalue weighted by Crippen LogP contribution is 2.18. The molecule has 114 valence electrons. The zero-order valence-corrected chi connectivity index (χ0v) is 12.1. The first-order valence-electron chi connectivity index (χ1n) is 6.40. The van der Waals surface area contributed by atoms with Crippen molar-refractivity contribution in [1.82, 2.24) is 10.3 Å². The average molecular weight is 311 g/mol. The summed E-state index contributed by atoms with van der Waals surface area (Å²) in [6.07, 6.45) is 2.14. The van der Waals surface area contributed by atoms with Crippen LogP contribution < -0.4 is 11.1 Å². The van der Waals surface area contributed by atoms with E-state index in [0.29, 0.717) is 6.42 Å². The summed E-state index contributed by atoms with van der Waals surface area (Å²) < 4.78 is 29.7. The molecule has 0 bridgehead atoms. The van der Waals surface area contributed by atoms with Crippen molar-refractivity contribution in [2.75, 3.05) is 12.3 Å². The van der Waals surface area contributed by atoms with E-state index < -0.39 is 27.8 Å². The highest BCUT2D eigenvalue weighted by Gasteiger charge is 2.16. The van der Waals surface area contributed by atoms with Gasteiger partial charge in [-0.15, -0.1) is 0 Å². The summed E-state index contributed by atoms with van der Waals surface area (Å²) in [6, 6.07) is 6.88. The van der Waals surface area contributed by atoms with Crippen molar-refractivity contribution in [2.24, 2.45) is 5.73 Å². The highest BCUT2D eigenvalue weighted by atomic mass is 32.2. The third-order valence-electron chi connectivity index (χ3n) is 3.11. The molecule has 2 rings (SSSR count). The zero-order valence-electron chi connectivity index (χ0n) is 11.2. The summed E-state index contributed by atoms with van der Waals surface area (Å²) in [5.74, 6) is -0.984. The minimum atomic E-state index is -4.08. The van der Waals surface area contributed by atoms with Crippen molar-refractivity contribution in [3.63, 3.8) is 0 Å². The lowest BCUT2D eigenvalue weighted by molar-refractivity contribution is -0.122. The number of carbonyl (C=O) groups is 1. The fraction of sp³-hybridized carbons (Fsp3) is 0.308. The Hall–Kier alpha value is -1.90. The van der Waals surface area contributed by atoms with E-state index in [9.17, 15) is 13.2 Å². The van der Waals surface area contributed by atoms with Crippen LogP contribution in [0.4, 0.5) is 0 Å². The number of rotatable bonds is 6. The average Bonchev–Trinajstić information content (AvgIpc) is 2.80. The zero-order chi connectivity index (χ0) is 15.5. The van der Waals surface area contributed by atoms with Gasteiger partial charge in [0.2, 0.25) is 5.91 Å². The molecule has 7 nitrogen and oxygen atoms in total. The number of nitrogens with one attached hydrogen (secondary N) is 2. The summed E-state index contributed by atoms with van der Waals surface area (Å²) in [6.45, 7) is -0.167. The van der Waals surface area contributed by atoms with E-state index in [0.717, 1.165) is 16.5 Å². The summed E-state index contributed by atoms with van der Waals surface area (Å²) in [5, 5.41) is 3.38. The van der Waals surface area contributed by atoms with Gasteiger partial charge in [-0.2, -0.15) is 8.42 Å². The van der Waals surface area contributed by atoms with Gasteiger partial charge >= 0.3 is 0 Å². The number of H-pyrrole nitrogens is 1. The standard InChI is InChI=1S/C13H17N3O4S/c14-11(13(17)15-5-6-21(18,19)20)7-9-8-16-12-4-2-1-3-10(9)12/h1-4,8,11,16H,5-7,14H2,(H,15,17)(H,18,19,20)/t11-/m0/s1. The Labute approximate surface area is 122 Å². The summed E-state index contributed by atoms with van der Waals surface area (Å²) in [4.78, 5) is 14.9. The van der Waals surface area contributed by atoms with Gasteiger partial charge in [-0.25, -0.2) is 0 Å². The van der Waals surface area contributed by atoms with Crippen LogP contribution in [0.25, 0.3) is 10.9 Å². The Morgan fingerprint density at radius 2 is 2.10 bits per heavy atom. The molecule has 0 aliphatic rings. The fourth-order valence-electron chi connectivity index (χ4n) is 2.06. The van der Waals surface area contributed by atoms with Gasteiger partial charge in [0.15, 0.2) is 0 Å². The normalized spacial score (nSPS) is 13.2. The number of hydrogen-bond acceptors (Lipinski definition) is 4. The molecular weight excluding hydrogens is 294 g/mol. The maximum Gasteiger partial charge on any atom is 0.266 e. The van der Waals surface area contributed by atoms with Gasteiger partial charge in [0.05, 0.1) is 11.8 Å². The lowest BCUT2D eigenvalue weighted by atomic mass is 10.1. The first-order chi connectivity index (χ1) is 9.87. The second-order valence-corrected chi connectivity index (χ2v) is 6.32. The Kier molecular flexibility index (Phi) is 4.61. The van der Waals surface area contributed by atoms with E-state index in [1.807, 2.05) is 24.3 Å². The largest absolute Gasteiger partial charge is 0.361 e. The van der Waals surface area contributed by atoms with Crippen molar-refractivity contribution in [2.45, 2.75) is 12.5 Å². The molecule has 5 N–H and O–H groups in total. The van der Waals surface area contributed by atoms with E-state index in [4.69, 9.17) is 10.3 Å². The first kappa shape index (κ1) is 15.5. The molecule has 1 heterocycles. The number of amides is 1. The van der Waals surface area contributed by atoms with Crippen molar-refractivity contribution in [3.05, 3.63) is 36.0 Å². The summed E-state index contributed by atoms with van der Waals surface area (Å²) in [7, 11) is -4.08. The van der Waals surface area contributed by atoms with E-state index in [1.54, 1.807) is 6.20 Å². The second kappa shape index (κ2) is 6.25. The van der Waals surface area contributed by atoms with E-state index in [-0.39, 0.29) is 6.54 Å². The Morgan fingerprint density at radius 1 is 1.38 bits per heavy atom. The number of aromatic amines is 1. The minimum absolute atomic E-state index is 0.167. The van der Waals surface area contributed by atoms with Crippen molar-refractivity contribution < 1.29 is 17.8 Å². The molecule has 2 aromatic rings. The van der Waals surface area contributed by atoms with Gasteiger partial charge < -0.3 is 16.0 Å². The van der Waals surface area contributed by atoms with Crippen LogP contribution in [0.15, 0.2) is 30.5 Å². The van der Waals surface area contributed by atoms with Crippen molar-refractivity contribution in [3.8, 4) is 0 Å². The number of aromatic nitrogens is 1. The molecule has 1 amide bonds. The molecule has 0 unspecified atom stereocenters. The van der Waals surface area contributed by atoms with Gasteiger partial charge in [-0.1, -0.05) is 18.2 Å². The molecule has 8 heteroatoms. The number of para-hydroxylation sites is 1. The predicted octanol–water partition coefficient (Wildman–Crippen LogP) is 0.0417. The third kappa shape index (κ3) is 4.28. The highest BCUT2D eigenvalue weighted by molar-refractivity contribution is 7.85. The Bertz CT molecular complexity index is 739. The third-order valence-corrected chi connectivity index (χ3v) is 3.83. The van der Waals surface area contributed by atoms with E-state index in [2.05, 4.69) is 10.3 Å². The molecule has 0 saturated heterocycles. The lowest BCUT2D eigenvalue weighted by Crippen LogP contribution is -2.43. The van der Waals surface area contributed by atoms with Crippen LogP contribution in [0, 0.1) is 0 Å². The molecule has 1 atom stereocenters. The molecule has 0 radical (unpaired) electrons. The molecule has 21 heavy (non-hydrogen) atoms. The van der Waals surface area contributed by atoms with Crippen LogP contribution in [0.5, 0.6) is 0 Å². The van der Waals surface area contributed by atoms with Crippen LogP contribution in [-0.4, -0.2) is 42.2 Å². The fourth-order valence-corrected chi connectivity index (χ4v) is 2.42. The van der Waals surface area contributed by atoms with E-state index in [1.165, 1.54) is 0 Å². The smallest absolute Gasteiger partial charge is 0.266 e. The van der Waals surface area contributed by atoms with Crippen LogP contribution in [0.1, 0.15) is 5.56 Å². The number of benzene rings is 1. The number of hydrogen-bond donors (Lipinski definition) is 4. The minimum Gasteiger partial charge on any atom is -0.361 e. The monoisotopic (exact) mass is 311 g/mol. The second-order valence-electron chi connectivity index (χ2n) is 4.75. The quantitative estimate of drug-likeness (QED) is 0.561. The molecule has 1 aromatic carbocycles. The maximum atomic E-state index is 11.8. The van der Waals surface area contributed by atoms with Crippen LogP contribution in [0.2, 0.25) is 0 Å². The molecule has 0 saturated carbocycles. The van der Waals surface area contributed by atoms with Crippen molar-refractivity contribution >= 4 is 26.9 Å². The number of nitrogens with two attached hydrogens (primary N) is 1. The summed E-state index contributed by atoms with van der Waals surface area (Å²) in [5.41, 5.74) is 7.70. The SMILES string of the molecule is N[C@@H](Cc1c[nH]c2ccccc12)C(=O)NCCS(=O)(=O)O. The lowest BCUT2D eigenvalue weighted by Gasteiger charge is -2.11. The Balaban J connectivity index is 1.94. The molecule has 0 aliphatic carbocycles. The molecular formula is C13H17N3O4S. The van der Waals surface area contributed by atoms with Crippen LogP contribution in [-0.2, 0) is 21.3 Å². The molecule has 0 fully saturated rings. The molecule has 0 spiro atoms. The number of fused-ring (bicyclic) bond motifs is 1. The topological polar surface area (TPSA) is 125 Å². The first-order valence-corrected chi connectivity index (χ1v) is 8.01. The molecule has 1 aromatic heterocycles. The van der Waals surface area contributed by atoms with Crippen LogP contribution in [0.3, 0.4) is 0 Å². The van der Waals surface area contributed by atoms with Crippen LogP contribution >= 0.6 is 0 Å². The van der Waals surface area contributed by atoms with Gasteiger partial charge in [0.25, 0.3) is 10.1 Å².